The van der Waals surface area contributed by atoms with Crippen molar-refractivity contribution in [3.05, 3.63) is 41.5 Å². The van der Waals surface area contributed by atoms with Gasteiger partial charge in [0.1, 0.15) is 0 Å². The first-order chi connectivity index (χ1) is 9.88. The van der Waals surface area contributed by atoms with Crippen LogP contribution < -0.4 is 11.1 Å². The number of carbonyl (C=O) groups is 1. The fraction of sp³-hybridized carbons (Fsp3) is 0.500. The SMILES string of the molecule is CC(C)c1ccc(NC(=O)C2C=CC(N)C2)c(C(C)C)c1. The highest BCUT2D eigenvalue weighted by Gasteiger charge is 2.23. The summed E-state index contributed by atoms with van der Waals surface area (Å²) in [6.07, 6.45) is 4.53. The van der Waals surface area contributed by atoms with Crippen LogP contribution in [0.2, 0.25) is 0 Å². The van der Waals surface area contributed by atoms with Gasteiger partial charge < -0.3 is 11.1 Å². The second-order valence-corrected chi connectivity index (χ2v) is 6.54. The van der Waals surface area contributed by atoms with Gasteiger partial charge in [0.15, 0.2) is 0 Å². The van der Waals surface area contributed by atoms with Crippen LogP contribution >= 0.6 is 0 Å². The van der Waals surface area contributed by atoms with E-state index in [9.17, 15) is 4.79 Å². The number of carbonyl (C=O) groups excluding carboxylic acids is 1. The number of nitrogens with one attached hydrogen (secondary N) is 1. The van der Waals surface area contributed by atoms with E-state index in [-0.39, 0.29) is 17.9 Å². The maximum absolute atomic E-state index is 12.3. The van der Waals surface area contributed by atoms with Crippen molar-refractivity contribution in [2.45, 2.75) is 52.0 Å². The van der Waals surface area contributed by atoms with Crippen LogP contribution in [0, 0.1) is 5.92 Å². The second kappa shape index (κ2) is 6.44. The van der Waals surface area contributed by atoms with Crippen molar-refractivity contribution < 1.29 is 4.79 Å². The zero-order chi connectivity index (χ0) is 15.6. The van der Waals surface area contributed by atoms with Crippen molar-refractivity contribution in [3.63, 3.8) is 0 Å². The van der Waals surface area contributed by atoms with Crippen LogP contribution in [0.4, 0.5) is 5.69 Å². The molecule has 21 heavy (non-hydrogen) atoms. The lowest BCUT2D eigenvalue weighted by atomic mass is 9.94. The molecule has 3 N–H and O–H groups in total. The number of hydrogen-bond acceptors (Lipinski definition) is 2. The Morgan fingerprint density at radius 2 is 1.90 bits per heavy atom. The third kappa shape index (κ3) is 3.73. The van der Waals surface area contributed by atoms with Crippen LogP contribution in [0.1, 0.15) is 57.1 Å². The molecule has 2 atom stereocenters. The molecule has 1 aromatic carbocycles. The first-order valence-electron chi connectivity index (χ1n) is 7.77. The summed E-state index contributed by atoms with van der Waals surface area (Å²) in [5.74, 6) is 0.798. The summed E-state index contributed by atoms with van der Waals surface area (Å²) in [6.45, 7) is 8.67. The molecule has 3 nitrogen and oxygen atoms in total. The van der Waals surface area contributed by atoms with Crippen LogP contribution in [0.15, 0.2) is 30.4 Å². The molecule has 1 aliphatic rings. The van der Waals surface area contributed by atoms with E-state index in [1.807, 2.05) is 18.2 Å². The molecule has 0 aliphatic heterocycles. The van der Waals surface area contributed by atoms with Crippen molar-refractivity contribution in [3.8, 4) is 0 Å². The van der Waals surface area contributed by atoms with Gasteiger partial charge in [-0.2, -0.15) is 0 Å². The largest absolute Gasteiger partial charge is 0.325 e. The monoisotopic (exact) mass is 286 g/mol. The Morgan fingerprint density at radius 1 is 1.19 bits per heavy atom. The molecule has 0 fully saturated rings. The molecule has 0 saturated carbocycles. The minimum atomic E-state index is -0.107. The van der Waals surface area contributed by atoms with E-state index < -0.39 is 0 Å². The standard InChI is InChI=1S/C18H26N2O/c1-11(2)13-6-8-17(16(10-13)12(3)4)20-18(21)14-5-7-15(19)9-14/h5-8,10-12,14-15H,9,19H2,1-4H3,(H,20,21). The Balaban J connectivity index is 2.19. The van der Waals surface area contributed by atoms with Crippen LogP contribution in [-0.4, -0.2) is 11.9 Å². The highest BCUT2D eigenvalue weighted by atomic mass is 16.1. The Kier molecular flexibility index (Phi) is 4.84. The normalized spacial score (nSPS) is 21.3. The number of hydrogen-bond donors (Lipinski definition) is 2. The van der Waals surface area contributed by atoms with Gasteiger partial charge in [-0.3, -0.25) is 4.79 Å². The smallest absolute Gasteiger partial charge is 0.231 e. The first kappa shape index (κ1) is 15.8. The summed E-state index contributed by atoms with van der Waals surface area (Å²) in [7, 11) is 0. The lowest BCUT2D eigenvalue weighted by Gasteiger charge is -2.18. The molecule has 2 rings (SSSR count). The molecule has 0 aromatic heterocycles. The molecule has 114 valence electrons. The summed E-state index contributed by atoms with van der Waals surface area (Å²) in [6, 6.07) is 6.35. The van der Waals surface area contributed by atoms with Gasteiger partial charge in [0.25, 0.3) is 0 Å². The van der Waals surface area contributed by atoms with Crippen LogP contribution in [0.5, 0.6) is 0 Å². The molecule has 1 amide bonds. The number of nitrogens with two attached hydrogens (primary N) is 1. The van der Waals surface area contributed by atoms with Gasteiger partial charge in [0, 0.05) is 11.7 Å². The van der Waals surface area contributed by atoms with Crippen molar-refractivity contribution in [2.75, 3.05) is 5.32 Å². The van der Waals surface area contributed by atoms with Gasteiger partial charge in [-0.1, -0.05) is 52.0 Å². The van der Waals surface area contributed by atoms with E-state index in [0.29, 0.717) is 18.3 Å². The molecule has 3 heteroatoms. The predicted molar refractivity (Wildman–Crippen MR) is 88.5 cm³/mol. The lowest BCUT2D eigenvalue weighted by molar-refractivity contribution is -0.118. The van der Waals surface area contributed by atoms with Crippen LogP contribution in [0.25, 0.3) is 0 Å². The van der Waals surface area contributed by atoms with Crippen molar-refractivity contribution >= 4 is 11.6 Å². The average molecular weight is 286 g/mol. The zero-order valence-corrected chi connectivity index (χ0v) is 13.4. The van der Waals surface area contributed by atoms with Gasteiger partial charge in [-0.05, 0) is 35.4 Å². The average Bonchev–Trinajstić information content (AvgIpc) is 2.85. The molecular formula is C18H26N2O. The van der Waals surface area contributed by atoms with Gasteiger partial charge in [-0.25, -0.2) is 0 Å². The topological polar surface area (TPSA) is 55.1 Å². The Labute approximate surface area is 127 Å². The fourth-order valence-electron chi connectivity index (χ4n) is 2.68. The third-order valence-electron chi connectivity index (χ3n) is 4.08. The lowest BCUT2D eigenvalue weighted by Crippen LogP contribution is -2.24. The first-order valence-corrected chi connectivity index (χ1v) is 7.77. The minimum Gasteiger partial charge on any atom is -0.325 e. The third-order valence-corrected chi connectivity index (χ3v) is 4.08. The van der Waals surface area contributed by atoms with Crippen molar-refractivity contribution in [1.82, 2.24) is 0 Å². The summed E-state index contributed by atoms with van der Waals surface area (Å²) in [4.78, 5) is 12.3. The molecule has 0 heterocycles. The van der Waals surface area contributed by atoms with Crippen molar-refractivity contribution in [2.24, 2.45) is 11.7 Å². The van der Waals surface area contributed by atoms with E-state index in [2.05, 4.69) is 45.1 Å². The molecule has 1 aliphatic carbocycles. The van der Waals surface area contributed by atoms with Crippen molar-refractivity contribution in [1.29, 1.82) is 0 Å². The highest BCUT2D eigenvalue weighted by Crippen LogP contribution is 2.29. The van der Waals surface area contributed by atoms with E-state index in [0.717, 1.165) is 5.69 Å². The van der Waals surface area contributed by atoms with E-state index in [1.165, 1.54) is 11.1 Å². The summed E-state index contributed by atoms with van der Waals surface area (Å²) >= 11 is 0. The van der Waals surface area contributed by atoms with Crippen LogP contribution in [0.3, 0.4) is 0 Å². The molecule has 0 spiro atoms. The molecule has 2 unspecified atom stereocenters. The Hall–Kier alpha value is -1.61. The quantitative estimate of drug-likeness (QED) is 0.828. The van der Waals surface area contributed by atoms with Gasteiger partial charge >= 0.3 is 0 Å². The van der Waals surface area contributed by atoms with E-state index in [1.54, 1.807) is 0 Å². The van der Waals surface area contributed by atoms with Gasteiger partial charge in [0.2, 0.25) is 5.91 Å². The van der Waals surface area contributed by atoms with Crippen LogP contribution in [-0.2, 0) is 4.79 Å². The zero-order valence-electron chi connectivity index (χ0n) is 13.4. The van der Waals surface area contributed by atoms with E-state index >= 15 is 0 Å². The summed E-state index contributed by atoms with van der Waals surface area (Å²) in [5.41, 5.74) is 9.25. The second-order valence-electron chi connectivity index (χ2n) is 6.54. The molecular weight excluding hydrogens is 260 g/mol. The molecule has 0 radical (unpaired) electrons. The minimum absolute atomic E-state index is 0.00800. The highest BCUT2D eigenvalue weighted by molar-refractivity contribution is 5.94. The number of anilines is 1. The van der Waals surface area contributed by atoms with E-state index in [4.69, 9.17) is 5.73 Å². The predicted octanol–water partition coefficient (Wildman–Crippen LogP) is 3.78. The number of rotatable bonds is 4. The van der Waals surface area contributed by atoms with Gasteiger partial charge in [-0.15, -0.1) is 0 Å². The number of benzene rings is 1. The summed E-state index contributed by atoms with van der Waals surface area (Å²) < 4.78 is 0. The molecule has 0 bridgehead atoms. The molecule has 1 aromatic rings. The summed E-state index contributed by atoms with van der Waals surface area (Å²) in [5, 5.41) is 3.07. The van der Waals surface area contributed by atoms with Gasteiger partial charge in [0.05, 0.1) is 5.92 Å². The number of amides is 1. The Morgan fingerprint density at radius 3 is 2.43 bits per heavy atom. The maximum Gasteiger partial charge on any atom is 0.231 e. The molecule has 0 saturated heterocycles. The fourth-order valence-corrected chi connectivity index (χ4v) is 2.68. The maximum atomic E-state index is 12.3. The Bertz CT molecular complexity index is 546.